The second-order valence-corrected chi connectivity index (χ2v) is 3.38. The van der Waals surface area contributed by atoms with E-state index in [2.05, 4.69) is 4.98 Å². The van der Waals surface area contributed by atoms with E-state index in [1.54, 1.807) is 5.43 Å². The molecule has 0 saturated heterocycles. The molecular formula is C10H8N4O5. The third kappa shape index (κ3) is 2.21. The topological polar surface area (TPSA) is 140 Å². The number of carboxylic acids is 1. The molecule has 2 aromatic rings. The van der Waals surface area contributed by atoms with Gasteiger partial charge in [-0.25, -0.2) is 15.4 Å². The Morgan fingerprint density at radius 2 is 2.05 bits per heavy atom. The van der Waals surface area contributed by atoms with Gasteiger partial charge < -0.3 is 9.63 Å². The second kappa shape index (κ2) is 4.74. The highest BCUT2D eigenvalue weighted by Crippen LogP contribution is 2.13. The minimum atomic E-state index is -1.25. The molecule has 0 fully saturated rings. The molecule has 1 amide bonds. The lowest BCUT2D eigenvalue weighted by Crippen LogP contribution is -2.30. The first-order valence-electron chi connectivity index (χ1n) is 4.98. The largest absolute Gasteiger partial charge is 0.478 e. The third-order valence-electron chi connectivity index (χ3n) is 2.23. The van der Waals surface area contributed by atoms with E-state index < -0.39 is 23.5 Å². The number of hydrogen-bond acceptors (Lipinski definition) is 6. The number of hydrazine groups is 1. The number of nitrogens with one attached hydrogen (secondary N) is 1. The van der Waals surface area contributed by atoms with Gasteiger partial charge in [0.1, 0.15) is 5.69 Å². The maximum Gasteiger partial charge on any atom is 0.385 e. The van der Waals surface area contributed by atoms with Gasteiger partial charge >= 0.3 is 23.5 Å². The lowest BCUT2D eigenvalue weighted by molar-refractivity contribution is 0.0695. The molecule has 9 heteroatoms. The lowest BCUT2D eigenvalue weighted by atomic mass is 10.2. The fourth-order valence-electron chi connectivity index (χ4n) is 1.42. The first-order valence-corrected chi connectivity index (χ1v) is 4.98. The number of carbonyl (C=O) groups is 2. The molecule has 0 spiro atoms. The summed E-state index contributed by atoms with van der Waals surface area (Å²) in [6, 6.07) is 5.64. The number of carbonyl (C=O) groups excluding carboxylic acids is 1. The molecule has 1 aromatic heterocycles. The van der Waals surface area contributed by atoms with Crippen molar-refractivity contribution in [1.82, 2.24) is 15.1 Å². The summed E-state index contributed by atoms with van der Waals surface area (Å²) in [4.78, 5) is 37.1. The van der Waals surface area contributed by atoms with Crippen LogP contribution in [-0.2, 0) is 0 Å². The Morgan fingerprint density at radius 1 is 1.37 bits per heavy atom. The van der Waals surface area contributed by atoms with Crippen LogP contribution in [0.4, 0.5) is 0 Å². The number of aromatic carboxylic acids is 1. The van der Waals surface area contributed by atoms with E-state index in [1.807, 2.05) is 0 Å². The van der Waals surface area contributed by atoms with Crippen molar-refractivity contribution in [2.24, 2.45) is 5.84 Å². The Kier molecular flexibility index (Phi) is 3.12. The molecule has 2 rings (SSSR count). The molecule has 0 aliphatic carbocycles. The summed E-state index contributed by atoms with van der Waals surface area (Å²) in [7, 11) is 0. The zero-order valence-corrected chi connectivity index (χ0v) is 9.36. The maximum absolute atomic E-state index is 11.6. The van der Waals surface area contributed by atoms with Crippen LogP contribution in [0.1, 0.15) is 21.0 Å². The zero-order valence-electron chi connectivity index (χ0n) is 9.36. The highest BCUT2D eigenvalue weighted by atomic mass is 16.5. The van der Waals surface area contributed by atoms with Gasteiger partial charge in [-0.3, -0.25) is 10.2 Å². The summed E-state index contributed by atoms with van der Waals surface area (Å²) in [6.45, 7) is 0. The summed E-state index contributed by atoms with van der Waals surface area (Å²) in [6.07, 6.45) is 0. The van der Waals surface area contributed by atoms with Gasteiger partial charge in [0.15, 0.2) is 0 Å². The van der Waals surface area contributed by atoms with Crippen molar-refractivity contribution in [2.75, 3.05) is 0 Å². The number of para-hydroxylation sites is 1. The number of amides is 1. The van der Waals surface area contributed by atoms with Crippen LogP contribution in [0, 0.1) is 0 Å². The molecule has 1 heterocycles. The van der Waals surface area contributed by atoms with Crippen molar-refractivity contribution >= 4 is 11.9 Å². The van der Waals surface area contributed by atoms with Crippen molar-refractivity contribution in [3.8, 4) is 5.69 Å². The molecule has 0 radical (unpaired) electrons. The van der Waals surface area contributed by atoms with E-state index >= 15 is 0 Å². The summed E-state index contributed by atoms with van der Waals surface area (Å²) in [5.74, 6) is 2.17. The van der Waals surface area contributed by atoms with E-state index in [1.165, 1.54) is 24.3 Å². The molecule has 9 nitrogen and oxygen atoms in total. The first kappa shape index (κ1) is 12.5. The van der Waals surface area contributed by atoms with Crippen molar-refractivity contribution in [2.45, 2.75) is 0 Å². The van der Waals surface area contributed by atoms with Gasteiger partial charge in [0.05, 0.1) is 5.56 Å². The van der Waals surface area contributed by atoms with Gasteiger partial charge in [-0.1, -0.05) is 12.1 Å². The number of aromatic nitrogens is 2. The number of nitrogens with two attached hydrogens (primary N) is 1. The summed E-state index contributed by atoms with van der Waals surface area (Å²) in [5, 5.41) is 9.00. The third-order valence-corrected chi connectivity index (χ3v) is 2.23. The number of nitrogen functional groups attached to an aromatic ring is 1. The molecule has 0 unspecified atom stereocenters. The molecule has 0 bridgehead atoms. The van der Waals surface area contributed by atoms with Crippen LogP contribution >= 0.6 is 0 Å². The normalized spacial score (nSPS) is 10.2. The summed E-state index contributed by atoms with van der Waals surface area (Å²) < 4.78 is 5.49. The van der Waals surface area contributed by atoms with Crippen molar-refractivity contribution < 1.29 is 19.2 Å². The molecule has 0 atom stereocenters. The van der Waals surface area contributed by atoms with Gasteiger partial charge in [0, 0.05) is 0 Å². The van der Waals surface area contributed by atoms with Gasteiger partial charge in [-0.15, -0.1) is 9.72 Å². The van der Waals surface area contributed by atoms with Crippen LogP contribution < -0.4 is 17.0 Å². The van der Waals surface area contributed by atoms with Gasteiger partial charge in [-0.2, -0.15) is 0 Å². The Morgan fingerprint density at radius 3 is 2.68 bits per heavy atom. The highest BCUT2D eigenvalue weighted by Gasteiger charge is 2.19. The van der Waals surface area contributed by atoms with E-state index in [0.29, 0.717) is 4.74 Å². The van der Waals surface area contributed by atoms with Crippen LogP contribution in [0.3, 0.4) is 0 Å². The van der Waals surface area contributed by atoms with E-state index in [-0.39, 0.29) is 11.3 Å². The first-order chi connectivity index (χ1) is 9.04. The van der Waals surface area contributed by atoms with Gasteiger partial charge in [-0.05, 0) is 12.1 Å². The molecular weight excluding hydrogens is 256 g/mol. The minimum Gasteiger partial charge on any atom is -0.478 e. The molecule has 1 aromatic carbocycles. The Bertz CT molecular complexity index is 702. The minimum absolute atomic E-state index is 0.0384. The van der Waals surface area contributed by atoms with Crippen molar-refractivity contribution in [3.05, 3.63) is 46.2 Å². The Labute approximate surface area is 105 Å². The summed E-state index contributed by atoms with van der Waals surface area (Å²) in [5.41, 5.74) is 0.619. The van der Waals surface area contributed by atoms with Crippen molar-refractivity contribution in [3.63, 3.8) is 0 Å². The van der Waals surface area contributed by atoms with Crippen LogP contribution in [0.2, 0.25) is 0 Å². The molecule has 0 aliphatic heterocycles. The standard InChI is InChI=1S/C10H8N4O5/c11-13-7(15)8-12-10(18)14(19-8)6-4-2-1-3-5(6)9(16)17/h1-4H,11H2,(H,13,15)(H,16,17). The Balaban J connectivity index is 2.60. The second-order valence-electron chi connectivity index (χ2n) is 3.38. The van der Waals surface area contributed by atoms with E-state index in [0.717, 1.165) is 0 Å². The number of benzene rings is 1. The van der Waals surface area contributed by atoms with Crippen LogP contribution in [0.25, 0.3) is 5.69 Å². The fraction of sp³-hybridized carbons (Fsp3) is 0. The van der Waals surface area contributed by atoms with Crippen molar-refractivity contribution in [1.29, 1.82) is 0 Å². The predicted octanol–water partition coefficient (Wildman–Crippen LogP) is -0.873. The van der Waals surface area contributed by atoms with Crippen LogP contribution in [-0.4, -0.2) is 26.7 Å². The van der Waals surface area contributed by atoms with E-state index in [4.69, 9.17) is 15.5 Å². The smallest absolute Gasteiger partial charge is 0.385 e. The SMILES string of the molecule is NNC(=O)c1nc(=O)n(-c2ccccc2C(=O)O)o1. The number of hydrogen-bond donors (Lipinski definition) is 3. The summed E-state index contributed by atoms with van der Waals surface area (Å²) >= 11 is 0. The monoisotopic (exact) mass is 264 g/mol. The number of carboxylic acid groups (broad SMARTS) is 1. The predicted molar refractivity (Wildman–Crippen MR) is 60.7 cm³/mol. The van der Waals surface area contributed by atoms with Crippen LogP contribution in [0.15, 0.2) is 33.6 Å². The molecule has 98 valence electrons. The lowest BCUT2D eigenvalue weighted by Gasteiger charge is -2.02. The number of rotatable bonds is 3. The highest BCUT2D eigenvalue weighted by molar-refractivity contribution is 5.92. The Hall–Kier alpha value is -2.94. The van der Waals surface area contributed by atoms with Gasteiger partial charge in [0.2, 0.25) is 0 Å². The molecule has 4 N–H and O–H groups in total. The fourth-order valence-corrected chi connectivity index (χ4v) is 1.42. The van der Waals surface area contributed by atoms with Crippen LogP contribution in [0.5, 0.6) is 0 Å². The zero-order chi connectivity index (χ0) is 14.0. The average molecular weight is 264 g/mol. The maximum atomic E-state index is 11.6. The molecule has 0 saturated carbocycles. The quantitative estimate of drug-likeness (QED) is 0.371. The van der Waals surface area contributed by atoms with Gasteiger partial charge in [0.25, 0.3) is 0 Å². The molecule has 0 aliphatic rings. The number of nitrogens with zero attached hydrogens (tertiary/aromatic N) is 2. The molecule has 19 heavy (non-hydrogen) atoms. The average Bonchev–Trinajstić information content (AvgIpc) is 2.79. The van der Waals surface area contributed by atoms with E-state index in [9.17, 15) is 14.4 Å².